The Hall–Kier alpha value is -1.40. The molecule has 0 aromatic heterocycles. The SMILES string of the molecule is Cc1c(C(=O)O)cccc1S(=O)(=O)CC1CCCCO1. The fraction of sp³-hybridized carbons (Fsp3) is 0.500. The van der Waals surface area contributed by atoms with Crippen LogP contribution in [-0.2, 0) is 14.6 Å². The summed E-state index contributed by atoms with van der Waals surface area (Å²) in [6.45, 7) is 2.12. The minimum absolute atomic E-state index is 0.0237. The van der Waals surface area contributed by atoms with Gasteiger partial charge in [0.2, 0.25) is 0 Å². The van der Waals surface area contributed by atoms with E-state index >= 15 is 0 Å². The molecule has 0 spiro atoms. The van der Waals surface area contributed by atoms with Crippen LogP contribution in [0.4, 0.5) is 0 Å². The summed E-state index contributed by atoms with van der Waals surface area (Å²) in [5.74, 6) is -1.20. The zero-order valence-electron chi connectivity index (χ0n) is 11.3. The van der Waals surface area contributed by atoms with Crippen LogP contribution in [0.5, 0.6) is 0 Å². The number of hydrogen-bond donors (Lipinski definition) is 1. The van der Waals surface area contributed by atoms with Crippen LogP contribution in [0.1, 0.15) is 35.2 Å². The average Bonchev–Trinajstić information content (AvgIpc) is 2.39. The Kier molecular flexibility index (Phi) is 4.45. The van der Waals surface area contributed by atoms with Crippen LogP contribution in [0.25, 0.3) is 0 Å². The predicted molar refractivity (Wildman–Crippen MR) is 73.8 cm³/mol. The first-order chi connectivity index (χ1) is 9.42. The zero-order chi connectivity index (χ0) is 14.8. The van der Waals surface area contributed by atoms with E-state index in [0.29, 0.717) is 6.61 Å². The number of carboxylic acids is 1. The molecule has 0 aliphatic carbocycles. The van der Waals surface area contributed by atoms with Crippen LogP contribution >= 0.6 is 0 Å². The monoisotopic (exact) mass is 298 g/mol. The highest BCUT2D eigenvalue weighted by Crippen LogP contribution is 2.23. The molecule has 6 heteroatoms. The van der Waals surface area contributed by atoms with Gasteiger partial charge < -0.3 is 9.84 Å². The number of carboxylic acid groups (broad SMARTS) is 1. The average molecular weight is 298 g/mol. The molecule has 1 aromatic rings. The molecule has 1 N–H and O–H groups in total. The summed E-state index contributed by atoms with van der Waals surface area (Å²) in [7, 11) is -3.53. The molecule has 1 unspecified atom stereocenters. The second kappa shape index (κ2) is 5.93. The maximum Gasteiger partial charge on any atom is 0.335 e. The molecule has 1 aliphatic heterocycles. The van der Waals surface area contributed by atoms with Gasteiger partial charge in [-0.15, -0.1) is 0 Å². The minimum atomic E-state index is -3.53. The topological polar surface area (TPSA) is 80.7 Å². The van der Waals surface area contributed by atoms with Gasteiger partial charge >= 0.3 is 5.97 Å². The highest BCUT2D eigenvalue weighted by molar-refractivity contribution is 7.91. The maximum absolute atomic E-state index is 12.4. The van der Waals surface area contributed by atoms with Crippen molar-refractivity contribution < 1.29 is 23.1 Å². The molecule has 20 heavy (non-hydrogen) atoms. The quantitative estimate of drug-likeness (QED) is 0.920. The highest BCUT2D eigenvalue weighted by Gasteiger charge is 2.26. The van der Waals surface area contributed by atoms with Crippen molar-refractivity contribution in [2.45, 2.75) is 37.2 Å². The van der Waals surface area contributed by atoms with Gasteiger partial charge in [0, 0.05) is 6.61 Å². The lowest BCUT2D eigenvalue weighted by molar-refractivity contribution is 0.0305. The number of sulfone groups is 1. The smallest absolute Gasteiger partial charge is 0.335 e. The molecule has 0 saturated carbocycles. The van der Waals surface area contributed by atoms with E-state index in [1.807, 2.05) is 0 Å². The summed E-state index contributed by atoms with van der Waals surface area (Å²) < 4.78 is 30.3. The lowest BCUT2D eigenvalue weighted by Crippen LogP contribution is -2.28. The first-order valence-electron chi connectivity index (χ1n) is 6.59. The van der Waals surface area contributed by atoms with E-state index in [1.165, 1.54) is 25.1 Å². The number of carbonyl (C=O) groups is 1. The number of aromatic carboxylic acids is 1. The van der Waals surface area contributed by atoms with Crippen molar-refractivity contribution >= 4 is 15.8 Å². The second-order valence-electron chi connectivity index (χ2n) is 5.00. The molecular formula is C14H18O5S. The van der Waals surface area contributed by atoms with Crippen LogP contribution in [0.15, 0.2) is 23.1 Å². The van der Waals surface area contributed by atoms with Gasteiger partial charge in [-0.3, -0.25) is 0 Å². The molecule has 0 amide bonds. The number of rotatable bonds is 4. The van der Waals surface area contributed by atoms with E-state index in [9.17, 15) is 13.2 Å². The van der Waals surface area contributed by atoms with Gasteiger partial charge in [-0.1, -0.05) is 6.07 Å². The lowest BCUT2D eigenvalue weighted by atomic mass is 10.1. The summed E-state index contributed by atoms with van der Waals surface area (Å²) in [5.41, 5.74) is 0.312. The summed E-state index contributed by atoms with van der Waals surface area (Å²) >= 11 is 0. The first kappa shape index (κ1) is 15.0. The van der Waals surface area contributed by atoms with E-state index in [-0.39, 0.29) is 27.9 Å². The van der Waals surface area contributed by atoms with Gasteiger partial charge in [0.1, 0.15) is 0 Å². The fourth-order valence-electron chi connectivity index (χ4n) is 2.46. The standard InChI is InChI=1S/C14H18O5S/c1-10-12(14(15)16)6-4-7-13(10)20(17,18)9-11-5-2-3-8-19-11/h4,6-7,11H,2-3,5,8-9H2,1H3,(H,15,16). The third-order valence-electron chi connectivity index (χ3n) is 3.53. The Morgan fingerprint density at radius 1 is 1.40 bits per heavy atom. The molecule has 1 aliphatic rings. The van der Waals surface area contributed by atoms with Crippen molar-refractivity contribution in [3.63, 3.8) is 0 Å². The summed E-state index contributed by atoms with van der Waals surface area (Å²) in [6.07, 6.45) is 2.37. The maximum atomic E-state index is 12.4. The number of benzene rings is 1. The van der Waals surface area contributed by atoms with Crippen molar-refractivity contribution in [1.29, 1.82) is 0 Å². The molecule has 1 heterocycles. The van der Waals surface area contributed by atoms with Crippen molar-refractivity contribution in [2.24, 2.45) is 0 Å². The van der Waals surface area contributed by atoms with Gasteiger partial charge in [0.25, 0.3) is 0 Å². The van der Waals surface area contributed by atoms with Crippen molar-refractivity contribution in [3.05, 3.63) is 29.3 Å². The van der Waals surface area contributed by atoms with Crippen LogP contribution in [0.3, 0.4) is 0 Å². The Balaban J connectivity index is 2.29. The lowest BCUT2D eigenvalue weighted by Gasteiger charge is -2.22. The molecular weight excluding hydrogens is 280 g/mol. The third kappa shape index (κ3) is 3.19. The summed E-state index contributed by atoms with van der Waals surface area (Å²) in [6, 6.07) is 4.33. The molecule has 0 radical (unpaired) electrons. The van der Waals surface area contributed by atoms with Crippen LogP contribution in [0, 0.1) is 6.92 Å². The van der Waals surface area contributed by atoms with Crippen molar-refractivity contribution in [1.82, 2.24) is 0 Å². The first-order valence-corrected chi connectivity index (χ1v) is 8.24. The molecule has 5 nitrogen and oxygen atoms in total. The largest absolute Gasteiger partial charge is 0.478 e. The van der Waals surface area contributed by atoms with Crippen molar-refractivity contribution in [2.75, 3.05) is 12.4 Å². The molecule has 110 valence electrons. The van der Waals surface area contributed by atoms with Gasteiger partial charge in [-0.25, -0.2) is 13.2 Å². The van der Waals surface area contributed by atoms with Gasteiger partial charge in [0.15, 0.2) is 9.84 Å². The fourth-order valence-corrected chi connectivity index (χ4v) is 4.25. The van der Waals surface area contributed by atoms with Crippen LogP contribution < -0.4 is 0 Å². The Morgan fingerprint density at radius 2 is 2.15 bits per heavy atom. The van der Waals surface area contributed by atoms with Crippen LogP contribution in [-0.4, -0.2) is 38.0 Å². The zero-order valence-corrected chi connectivity index (χ0v) is 12.1. The molecule has 1 aromatic carbocycles. The number of ether oxygens (including phenoxy) is 1. The van der Waals surface area contributed by atoms with Crippen molar-refractivity contribution in [3.8, 4) is 0 Å². The van der Waals surface area contributed by atoms with Gasteiger partial charge in [-0.2, -0.15) is 0 Å². The Bertz CT molecular complexity index is 600. The number of hydrogen-bond acceptors (Lipinski definition) is 4. The van der Waals surface area contributed by atoms with E-state index in [0.717, 1.165) is 19.3 Å². The van der Waals surface area contributed by atoms with E-state index in [4.69, 9.17) is 9.84 Å². The molecule has 0 bridgehead atoms. The third-order valence-corrected chi connectivity index (χ3v) is 5.45. The predicted octanol–water partition coefficient (Wildman–Crippen LogP) is 2.04. The molecule has 1 saturated heterocycles. The molecule has 1 atom stereocenters. The summed E-state index contributed by atoms with van der Waals surface area (Å²) in [5, 5.41) is 9.06. The van der Waals surface area contributed by atoms with E-state index in [1.54, 1.807) is 0 Å². The normalized spacial score (nSPS) is 19.8. The van der Waals surface area contributed by atoms with E-state index < -0.39 is 15.8 Å². The Morgan fingerprint density at radius 3 is 2.75 bits per heavy atom. The minimum Gasteiger partial charge on any atom is -0.478 e. The van der Waals surface area contributed by atoms with E-state index in [2.05, 4.69) is 0 Å². The summed E-state index contributed by atoms with van der Waals surface area (Å²) in [4.78, 5) is 11.2. The van der Waals surface area contributed by atoms with Gasteiger partial charge in [0.05, 0.1) is 22.3 Å². The molecule has 2 rings (SSSR count). The van der Waals surface area contributed by atoms with Crippen LogP contribution in [0.2, 0.25) is 0 Å². The second-order valence-corrected chi connectivity index (χ2v) is 7.01. The molecule has 1 fully saturated rings. The highest BCUT2D eigenvalue weighted by atomic mass is 32.2. The Labute approximate surface area is 118 Å². The van der Waals surface area contributed by atoms with Gasteiger partial charge in [-0.05, 0) is 43.9 Å².